The zero-order valence-electron chi connectivity index (χ0n) is 13.2. The van der Waals surface area contributed by atoms with Crippen molar-refractivity contribution in [3.8, 4) is 0 Å². The van der Waals surface area contributed by atoms with Gasteiger partial charge in [0, 0.05) is 40.6 Å². The number of carbonyl (C=O) groups is 1. The van der Waals surface area contributed by atoms with Gasteiger partial charge in [-0.05, 0) is 44.9 Å². The molecule has 1 aromatic heterocycles. The van der Waals surface area contributed by atoms with Crippen molar-refractivity contribution in [2.24, 2.45) is 0 Å². The first-order valence-corrected chi connectivity index (χ1v) is 8.40. The fourth-order valence-electron chi connectivity index (χ4n) is 2.93. The van der Waals surface area contributed by atoms with Gasteiger partial charge in [-0.15, -0.1) is 0 Å². The third kappa shape index (κ3) is 3.00. The van der Waals surface area contributed by atoms with Crippen LogP contribution in [-0.2, 0) is 17.6 Å². The molecule has 0 unspecified atom stereocenters. The van der Waals surface area contributed by atoms with Crippen LogP contribution in [0.4, 0.5) is 4.79 Å². The van der Waals surface area contributed by atoms with Crippen LogP contribution in [0.15, 0.2) is 22.7 Å². The topological polar surface area (TPSA) is 45.3 Å². The van der Waals surface area contributed by atoms with Crippen LogP contribution in [0.3, 0.4) is 0 Å². The molecule has 22 heavy (non-hydrogen) atoms. The van der Waals surface area contributed by atoms with Crippen LogP contribution < -0.4 is 0 Å². The number of amides is 1. The molecule has 118 valence electrons. The van der Waals surface area contributed by atoms with Gasteiger partial charge in [0.2, 0.25) is 0 Å². The highest BCUT2D eigenvalue weighted by Crippen LogP contribution is 2.31. The molecule has 1 aliphatic rings. The van der Waals surface area contributed by atoms with E-state index >= 15 is 0 Å². The second-order valence-electron chi connectivity index (χ2n) is 6.71. The molecule has 1 aliphatic heterocycles. The number of carbonyl (C=O) groups excluding carboxylic acids is 1. The van der Waals surface area contributed by atoms with E-state index in [0.717, 1.165) is 22.8 Å². The zero-order valence-corrected chi connectivity index (χ0v) is 14.8. The molecule has 2 heterocycles. The van der Waals surface area contributed by atoms with Crippen LogP contribution >= 0.6 is 15.9 Å². The molecule has 1 aromatic carbocycles. The Bertz CT molecular complexity index is 715. The van der Waals surface area contributed by atoms with Crippen LogP contribution in [0.5, 0.6) is 0 Å². The molecule has 4 nitrogen and oxygen atoms in total. The average Bonchev–Trinajstić information content (AvgIpc) is 2.63. The van der Waals surface area contributed by atoms with Gasteiger partial charge in [0.15, 0.2) is 0 Å². The number of nitrogens with one attached hydrogen (secondary N) is 1. The summed E-state index contributed by atoms with van der Waals surface area (Å²) < 4.78 is 6.59. The van der Waals surface area contributed by atoms with Gasteiger partial charge in [-0.3, -0.25) is 0 Å². The number of rotatable bonds is 0. The van der Waals surface area contributed by atoms with Crippen LogP contribution in [0.2, 0.25) is 0 Å². The number of ether oxygens (including phenoxy) is 1. The second-order valence-corrected chi connectivity index (χ2v) is 7.57. The van der Waals surface area contributed by atoms with Gasteiger partial charge in [0.1, 0.15) is 5.60 Å². The zero-order chi connectivity index (χ0) is 15.9. The summed E-state index contributed by atoms with van der Waals surface area (Å²) in [5, 5.41) is 1.24. The lowest BCUT2D eigenvalue weighted by atomic mass is 10.1. The first kappa shape index (κ1) is 15.4. The molecule has 0 bridgehead atoms. The maximum absolute atomic E-state index is 12.3. The lowest BCUT2D eigenvalue weighted by Crippen LogP contribution is -2.38. The Kier molecular flexibility index (Phi) is 3.93. The Morgan fingerprint density at radius 1 is 1.27 bits per heavy atom. The van der Waals surface area contributed by atoms with E-state index in [0.29, 0.717) is 13.1 Å². The summed E-state index contributed by atoms with van der Waals surface area (Å²) in [4.78, 5) is 17.6. The van der Waals surface area contributed by atoms with Crippen molar-refractivity contribution in [1.29, 1.82) is 0 Å². The van der Waals surface area contributed by atoms with E-state index in [2.05, 4.69) is 33.0 Å². The Balaban J connectivity index is 1.83. The van der Waals surface area contributed by atoms with Gasteiger partial charge in [-0.25, -0.2) is 4.79 Å². The van der Waals surface area contributed by atoms with Crippen LogP contribution in [0.25, 0.3) is 10.9 Å². The standard InChI is InChI=1S/C17H21BrN2O2/c1-17(2,3)22-16(21)20-9-7-11-13(8-10-20)19-14-6-4-5-12(18)15(11)14/h4-6,19H,7-10H2,1-3H3. The molecule has 0 aliphatic carbocycles. The maximum atomic E-state index is 12.3. The van der Waals surface area contributed by atoms with E-state index in [1.807, 2.05) is 31.7 Å². The van der Waals surface area contributed by atoms with Crippen molar-refractivity contribution in [3.05, 3.63) is 33.9 Å². The van der Waals surface area contributed by atoms with Gasteiger partial charge < -0.3 is 14.6 Å². The Labute approximate surface area is 139 Å². The van der Waals surface area contributed by atoms with Gasteiger partial charge in [-0.2, -0.15) is 0 Å². The molecule has 1 amide bonds. The summed E-state index contributed by atoms with van der Waals surface area (Å²) in [6, 6.07) is 6.20. The summed E-state index contributed by atoms with van der Waals surface area (Å²) in [7, 11) is 0. The van der Waals surface area contributed by atoms with Crippen molar-refractivity contribution >= 4 is 32.9 Å². The molecule has 0 fully saturated rings. The van der Waals surface area contributed by atoms with Crippen LogP contribution in [0, 0.1) is 0 Å². The third-order valence-corrected chi connectivity index (χ3v) is 4.54. The number of H-pyrrole nitrogens is 1. The van der Waals surface area contributed by atoms with Crippen molar-refractivity contribution < 1.29 is 9.53 Å². The minimum Gasteiger partial charge on any atom is -0.444 e. The minimum absolute atomic E-state index is 0.221. The van der Waals surface area contributed by atoms with E-state index in [1.54, 1.807) is 0 Å². The summed E-state index contributed by atoms with van der Waals surface area (Å²) in [6.45, 7) is 7.07. The van der Waals surface area contributed by atoms with Gasteiger partial charge in [-0.1, -0.05) is 22.0 Å². The fraction of sp³-hybridized carbons (Fsp3) is 0.471. The molecular weight excluding hydrogens is 344 g/mol. The Morgan fingerprint density at radius 3 is 2.73 bits per heavy atom. The highest BCUT2D eigenvalue weighted by molar-refractivity contribution is 9.10. The van der Waals surface area contributed by atoms with Gasteiger partial charge in [0.25, 0.3) is 0 Å². The SMILES string of the molecule is CC(C)(C)OC(=O)N1CCc2[nH]c3cccc(Br)c3c2CC1. The largest absolute Gasteiger partial charge is 0.444 e. The predicted molar refractivity (Wildman–Crippen MR) is 91.2 cm³/mol. The molecule has 5 heteroatoms. The number of hydrogen-bond donors (Lipinski definition) is 1. The molecule has 2 aromatic rings. The van der Waals surface area contributed by atoms with E-state index in [4.69, 9.17) is 4.74 Å². The number of nitrogens with zero attached hydrogens (tertiary/aromatic N) is 1. The normalized spacial score (nSPS) is 15.5. The van der Waals surface area contributed by atoms with Crippen molar-refractivity contribution in [2.75, 3.05) is 13.1 Å². The maximum Gasteiger partial charge on any atom is 0.410 e. The Hall–Kier alpha value is -1.49. The minimum atomic E-state index is -0.451. The summed E-state index contributed by atoms with van der Waals surface area (Å²) in [5.41, 5.74) is 3.25. The van der Waals surface area contributed by atoms with E-state index in [1.165, 1.54) is 16.6 Å². The number of aromatic amines is 1. The third-order valence-electron chi connectivity index (χ3n) is 3.88. The molecule has 0 spiro atoms. The first-order chi connectivity index (χ1) is 10.3. The number of halogens is 1. The number of fused-ring (bicyclic) bond motifs is 3. The molecule has 0 saturated heterocycles. The van der Waals surface area contributed by atoms with E-state index < -0.39 is 5.60 Å². The average molecular weight is 365 g/mol. The predicted octanol–water partition coefficient (Wildman–Crippen LogP) is 4.27. The molecule has 3 rings (SSSR count). The number of hydrogen-bond acceptors (Lipinski definition) is 2. The molecule has 1 N–H and O–H groups in total. The van der Waals surface area contributed by atoms with E-state index in [9.17, 15) is 4.79 Å². The van der Waals surface area contributed by atoms with Crippen molar-refractivity contribution in [3.63, 3.8) is 0 Å². The van der Waals surface area contributed by atoms with E-state index in [-0.39, 0.29) is 6.09 Å². The monoisotopic (exact) mass is 364 g/mol. The van der Waals surface area contributed by atoms with Gasteiger partial charge >= 0.3 is 6.09 Å². The lowest BCUT2D eigenvalue weighted by Gasteiger charge is -2.26. The van der Waals surface area contributed by atoms with Crippen molar-refractivity contribution in [2.45, 2.75) is 39.2 Å². The highest BCUT2D eigenvalue weighted by Gasteiger charge is 2.25. The van der Waals surface area contributed by atoms with Crippen molar-refractivity contribution in [1.82, 2.24) is 9.88 Å². The van der Waals surface area contributed by atoms with Gasteiger partial charge in [0.05, 0.1) is 0 Å². The summed E-state index contributed by atoms with van der Waals surface area (Å²) in [5.74, 6) is 0. The lowest BCUT2D eigenvalue weighted by molar-refractivity contribution is 0.0258. The smallest absolute Gasteiger partial charge is 0.410 e. The molecule has 0 atom stereocenters. The fourth-order valence-corrected chi connectivity index (χ4v) is 3.53. The quantitative estimate of drug-likeness (QED) is 0.758. The summed E-state index contributed by atoms with van der Waals surface area (Å²) >= 11 is 3.64. The molecular formula is C17H21BrN2O2. The Morgan fingerprint density at radius 2 is 2.00 bits per heavy atom. The second kappa shape index (κ2) is 5.61. The van der Waals surface area contributed by atoms with Crippen LogP contribution in [-0.4, -0.2) is 34.7 Å². The number of benzene rings is 1. The molecule has 0 radical (unpaired) electrons. The number of aromatic nitrogens is 1. The first-order valence-electron chi connectivity index (χ1n) is 7.61. The van der Waals surface area contributed by atoms with Crippen LogP contribution in [0.1, 0.15) is 32.0 Å². The summed E-state index contributed by atoms with van der Waals surface area (Å²) in [6.07, 6.45) is 1.45. The molecule has 0 saturated carbocycles. The highest BCUT2D eigenvalue weighted by atomic mass is 79.9.